The molecule has 132 valence electrons. The van der Waals surface area contributed by atoms with E-state index in [4.69, 9.17) is 15.8 Å². The Balaban J connectivity index is 1.93. The number of nitrogens with zero attached hydrogens (tertiary/aromatic N) is 1. The molecule has 4 nitrogen and oxygen atoms in total. The molecule has 0 heterocycles. The first kappa shape index (κ1) is 18.2. The van der Waals surface area contributed by atoms with Crippen molar-refractivity contribution >= 4 is 33.6 Å². The summed E-state index contributed by atoms with van der Waals surface area (Å²) in [6.07, 6.45) is 1.63. The molecule has 26 heavy (non-hydrogen) atoms. The van der Waals surface area contributed by atoms with Gasteiger partial charge in [-0.15, -0.1) is 0 Å². The SMILES string of the molecule is Cc1ccc(S(=O)(=O)Oc2cc(Cl)ccc2N=Cc2ccccc2)cc1. The highest BCUT2D eigenvalue weighted by atomic mass is 35.5. The fourth-order valence-electron chi connectivity index (χ4n) is 2.22. The van der Waals surface area contributed by atoms with E-state index in [0.717, 1.165) is 11.1 Å². The summed E-state index contributed by atoms with van der Waals surface area (Å²) in [4.78, 5) is 4.41. The van der Waals surface area contributed by atoms with Gasteiger partial charge in [-0.3, -0.25) is 4.99 Å². The molecule has 0 fully saturated rings. The zero-order valence-electron chi connectivity index (χ0n) is 14.0. The molecule has 0 saturated carbocycles. The lowest BCUT2D eigenvalue weighted by Gasteiger charge is -2.10. The third kappa shape index (κ3) is 4.50. The number of hydrogen-bond acceptors (Lipinski definition) is 4. The second kappa shape index (κ2) is 7.72. The van der Waals surface area contributed by atoms with Crippen molar-refractivity contribution in [3.8, 4) is 5.75 Å². The van der Waals surface area contributed by atoms with Crippen LogP contribution in [0, 0.1) is 6.92 Å². The summed E-state index contributed by atoms with van der Waals surface area (Å²) in [5, 5.41) is 0.359. The molecular weight excluding hydrogens is 370 g/mol. The highest BCUT2D eigenvalue weighted by Crippen LogP contribution is 2.33. The van der Waals surface area contributed by atoms with Crippen LogP contribution in [0.5, 0.6) is 5.75 Å². The number of halogens is 1. The first-order valence-electron chi connectivity index (χ1n) is 7.84. The van der Waals surface area contributed by atoms with E-state index in [1.165, 1.54) is 18.2 Å². The van der Waals surface area contributed by atoms with Gasteiger partial charge in [0.05, 0.1) is 0 Å². The van der Waals surface area contributed by atoms with Gasteiger partial charge in [0.1, 0.15) is 10.6 Å². The van der Waals surface area contributed by atoms with Gasteiger partial charge in [0.15, 0.2) is 5.75 Å². The van der Waals surface area contributed by atoms with Crippen molar-refractivity contribution in [3.63, 3.8) is 0 Å². The van der Waals surface area contributed by atoms with Crippen LogP contribution in [0.15, 0.2) is 82.7 Å². The molecule has 0 spiro atoms. The molecule has 6 heteroatoms. The lowest BCUT2D eigenvalue weighted by molar-refractivity contribution is 0.486. The third-order valence-corrected chi connectivity index (χ3v) is 5.07. The second-order valence-electron chi connectivity index (χ2n) is 5.63. The van der Waals surface area contributed by atoms with Gasteiger partial charge in [-0.25, -0.2) is 0 Å². The minimum atomic E-state index is -3.98. The van der Waals surface area contributed by atoms with Gasteiger partial charge >= 0.3 is 10.1 Å². The van der Waals surface area contributed by atoms with E-state index in [-0.39, 0.29) is 10.6 Å². The maximum Gasteiger partial charge on any atom is 0.339 e. The van der Waals surface area contributed by atoms with Crippen molar-refractivity contribution in [3.05, 3.63) is 88.9 Å². The number of benzene rings is 3. The summed E-state index contributed by atoms with van der Waals surface area (Å²) < 4.78 is 30.4. The third-order valence-electron chi connectivity index (χ3n) is 3.58. The molecule has 0 N–H and O–H groups in total. The molecule has 3 aromatic carbocycles. The van der Waals surface area contributed by atoms with Crippen LogP contribution < -0.4 is 4.18 Å². The fraction of sp³-hybridized carbons (Fsp3) is 0.0500. The number of rotatable bonds is 5. The van der Waals surface area contributed by atoms with Crippen LogP contribution in [0.1, 0.15) is 11.1 Å². The summed E-state index contributed by atoms with van der Waals surface area (Å²) in [7, 11) is -3.98. The Labute approximate surface area is 157 Å². The Kier molecular flexibility index (Phi) is 5.40. The average molecular weight is 386 g/mol. The zero-order valence-corrected chi connectivity index (χ0v) is 15.5. The first-order valence-corrected chi connectivity index (χ1v) is 9.62. The Morgan fingerprint density at radius 2 is 1.65 bits per heavy atom. The number of hydrogen-bond donors (Lipinski definition) is 0. The van der Waals surface area contributed by atoms with E-state index < -0.39 is 10.1 Å². The van der Waals surface area contributed by atoms with Crippen LogP contribution in [0.3, 0.4) is 0 Å². The molecular formula is C20H16ClNO3S. The summed E-state index contributed by atoms with van der Waals surface area (Å²) >= 11 is 6.00. The molecule has 0 unspecified atom stereocenters. The van der Waals surface area contributed by atoms with E-state index >= 15 is 0 Å². The van der Waals surface area contributed by atoms with E-state index in [1.54, 1.807) is 30.5 Å². The first-order chi connectivity index (χ1) is 12.4. The van der Waals surface area contributed by atoms with Crippen LogP contribution in [0.4, 0.5) is 5.69 Å². The lowest BCUT2D eigenvalue weighted by atomic mass is 10.2. The van der Waals surface area contributed by atoms with Crippen molar-refractivity contribution in [1.82, 2.24) is 0 Å². The Morgan fingerprint density at radius 1 is 0.962 bits per heavy atom. The molecule has 0 aliphatic carbocycles. The van der Waals surface area contributed by atoms with Gasteiger partial charge in [0.2, 0.25) is 0 Å². The zero-order chi connectivity index (χ0) is 18.6. The minimum Gasteiger partial charge on any atom is -0.377 e. The maximum atomic E-state index is 12.5. The predicted octanol–water partition coefficient (Wildman–Crippen LogP) is 5.17. The topological polar surface area (TPSA) is 55.7 Å². The van der Waals surface area contributed by atoms with Gasteiger partial charge in [-0.1, -0.05) is 59.6 Å². The van der Waals surface area contributed by atoms with Crippen LogP contribution in [0.2, 0.25) is 5.02 Å². The molecule has 0 bridgehead atoms. The van der Waals surface area contributed by atoms with E-state index in [9.17, 15) is 8.42 Å². The van der Waals surface area contributed by atoms with Gasteiger partial charge in [-0.05, 0) is 36.8 Å². The van der Waals surface area contributed by atoms with E-state index in [0.29, 0.717) is 10.7 Å². The van der Waals surface area contributed by atoms with Gasteiger partial charge < -0.3 is 4.18 Å². The molecule has 0 radical (unpaired) electrons. The van der Waals surface area contributed by atoms with Crippen molar-refractivity contribution in [2.24, 2.45) is 4.99 Å². The van der Waals surface area contributed by atoms with Crippen LogP contribution in [-0.4, -0.2) is 14.6 Å². The number of aryl methyl sites for hydroxylation is 1. The summed E-state index contributed by atoms with van der Waals surface area (Å²) in [5.74, 6) is 0.0743. The molecule has 3 aromatic rings. The molecule has 0 amide bonds. The summed E-state index contributed by atoms with van der Waals surface area (Å²) in [6.45, 7) is 1.88. The van der Waals surface area contributed by atoms with Crippen LogP contribution in [-0.2, 0) is 10.1 Å². The van der Waals surface area contributed by atoms with Gasteiger partial charge in [-0.2, -0.15) is 8.42 Å². The van der Waals surface area contributed by atoms with Gasteiger partial charge in [0, 0.05) is 17.3 Å². The molecule has 0 saturated heterocycles. The monoisotopic (exact) mass is 385 g/mol. The Bertz CT molecular complexity index is 1030. The maximum absolute atomic E-state index is 12.5. The fourth-order valence-corrected chi connectivity index (χ4v) is 3.31. The largest absolute Gasteiger partial charge is 0.377 e. The molecule has 0 aliphatic heterocycles. The van der Waals surface area contributed by atoms with Crippen molar-refractivity contribution in [1.29, 1.82) is 0 Å². The summed E-state index contributed by atoms with van der Waals surface area (Å²) in [5.41, 5.74) is 2.21. The normalized spacial score (nSPS) is 11.6. The van der Waals surface area contributed by atoms with Crippen molar-refractivity contribution < 1.29 is 12.6 Å². The Morgan fingerprint density at radius 3 is 2.35 bits per heavy atom. The Hall–Kier alpha value is -2.63. The highest BCUT2D eigenvalue weighted by Gasteiger charge is 2.18. The van der Waals surface area contributed by atoms with E-state index in [2.05, 4.69) is 4.99 Å². The molecule has 0 aliphatic rings. The predicted molar refractivity (Wildman–Crippen MR) is 104 cm³/mol. The van der Waals surface area contributed by atoms with E-state index in [1.807, 2.05) is 37.3 Å². The van der Waals surface area contributed by atoms with Crippen molar-refractivity contribution in [2.45, 2.75) is 11.8 Å². The summed E-state index contributed by atoms with van der Waals surface area (Å²) in [6, 6.07) is 20.6. The molecule has 0 aromatic heterocycles. The quantitative estimate of drug-likeness (QED) is 0.450. The smallest absolute Gasteiger partial charge is 0.339 e. The highest BCUT2D eigenvalue weighted by molar-refractivity contribution is 7.87. The van der Waals surface area contributed by atoms with Crippen LogP contribution >= 0.6 is 11.6 Å². The van der Waals surface area contributed by atoms with Crippen LogP contribution in [0.25, 0.3) is 0 Å². The minimum absolute atomic E-state index is 0.0704. The second-order valence-corrected chi connectivity index (χ2v) is 7.61. The van der Waals surface area contributed by atoms with Crippen molar-refractivity contribution in [2.75, 3.05) is 0 Å². The standard InChI is InChI=1S/C20H16ClNO3S/c1-15-7-10-18(11-8-15)26(23,24)25-20-13-17(21)9-12-19(20)22-14-16-5-3-2-4-6-16/h2-14H,1H3. The molecule has 0 atom stereocenters. The van der Waals surface area contributed by atoms with Gasteiger partial charge in [0.25, 0.3) is 0 Å². The molecule has 3 rings (SSSR count). The lowest BCUT2D eigenvalue weighted by Crippen LogP contribution is -2.09. The number of aliphatic imine (C=N–C) groups is 1. The average Bonchev–Trinajstić information content (AvgIpc) is 2.62.